The van der Waals surface area contributed by atoms with E-state index in [9.17, 15) is 4.79 Å². The Bertz CT molecular complexity index is 562. The van der Waals surface area contributed by atoms with Crippen molar-refractivity contribution in [2.45, 2.75) is 13.8 Å². The van der Waals surface area contributed by atoms with Gasteiger partial charge >= 0.3 is 0 Å². The zero-order valence-corrected chi connectivity index (χ0v) is 14.3. The van der Waals surface area contributed by atoms with Crippen molar-refractivity contribution in [2.24, 2.45) is 0 Å². The fourth-order valence-corrected chi connectivity index (χ4v) is 3.10. The number of likely N-dealkylation sites (N-methyl/N-ethyl adjacent to an activating group) is 1. The van der Waals surface area contributed by atoms with Crippen LogP contribution in [0.25, 0.3) is 0 Å². The molecule has 0 aromatic carbocycles. The molecule has 0 atom stereocenters. The lowest BCUT2D eigenvalue weighted by Gasteiger charge is -2.36. The van der Waals surface area contributed by atoms with Crippen molar-refractivity contribution in [1.82, 2.24) is 19.8 Å². The smallest absolute Gasteiger partial charge is 0.227 e. The van der Waals surface area contributed by atoms with Crippen molar-refractivity contribution in [3.05, 3.63) is 11.8 Å². The Balaban J connectivity index is 1.72. The van der Waals surface area contributed by atoms with Gasteiger partial charge in [0, 0.05) is 71.0 Å². The highest BCUT2D eigenvalue weighted by Gasteiger charge is 2.22. The fraction of sp³-hybridized carbons (Fsp3) is 0.688. The number of hydrogen-bond donors (Lipinski definition) is 0. The van der Waals surface area contributed by atoms with E-state index in [2.05, 4.69) is 32.8 Å². The first-order valence-electron chi connectivity index (χ1n) is 8.32. The van der Waals surface area contributed by atoms with E-state index in [1.807, 2.05) is 11.8 Å². The third-order valence-corrected chi connectivity index (χ3v) is 4.66. The highest BCUT2D eigenvalue weighted by Crippen LogP contribution is 2.19. The lowest BCUT2D eigenvalue weighted by Crippen LogP contribution is -2.49. The maximum Gasteiger partial charge on any atom is 0.227 e. The van der Waals surface area contributed by atoms with Crippen molar-refractivity contribution >= 4 is 17.7 Å². The maximum atomic E-state index is 11.4. The van der Waals surface area contributed by atoms with Crippen LogP contribution in [0.1, 0.15) is 12.6 Å². The molecule has 3 heterocycles. The molecule has 23 heavy (non-hydrogen) atoms. The number of nitrogens with zero attached hydrogens (tertiary/aromatic N) is 6. The minimum Gasteiger partial charge on any atom is -0.354 e. The SMILES string of the molecule is CC(=O)N1CCN(c2nc(C)cc(N3CCN(C)CC3)n2)CC1. The molecule has 0 saturated carbocycles. The summed E-state index contributed by atoms with van der Waals surface area (Å²) < 4.78 is 0. The van der Waals surface area contributed by atoms with Gasteiger partial charge in [0.15, 0.2) is 0 Å². The molecular formula is C16H26N6O. The van der Waals surface area contributed by atoms with Gasteiger partial charge in [0.25, 0.3) is 0 Å². The number of carbonyl (C=O) groups excluding carboxylic acids is 1. The highest BCUT2D eigenvalue weighted by atomic mass is 16.2. The van der Waals surface area contributed by atoms with Gasteiger partial charge in [0.2, 0.25) is 11.9 Å². The van der Waals surface area contributed by atoms with Gasteiger partial charge in [-0.1, -0.05) is 0 Å². The van der Waals surface area contributed by atoms with Crippen LogP contribution >= 0.6 is 0 Å². The van der Waals surface area contributed by atoms with Crippen LogP contribution in [0.2, 0.25) is 0 Å². The average Bonchev–Trinajstić information content (AvgIpc) is 2.55. The Morgan fingerprint density at radius 1 is 0.957 bits per heavy atom. The first-order chi connectivity index (χ1) is 11.0. The normalized spacial score (nSPS) is 20.0. The minimum atomic E-state index is 0.146. The molecular weight excluding hydrogens is 292 g/mol. The second-order valence-electron chi connectivity index (χ2n) is 6.45. The van der Waals surface area contributed by atoms with Crippen molar-refractivity contribution in [3.63, 3.8) is 0 Å². The summed E-state index contributed by atoms with van der Waals surface area (Å²) in [6.45, 7) is 10.9. The molecule has 1 amide bonds. The van der Waals surface area contributed by atoms with Crippen molar-refractivity contribution in [2.75, 3.05) is 69.2 Å². The van der Waals surface area contributed by atoms with Crippen molar-refractivity contribution < 1.29 is 4.79 Å². The second-order valence-corrected chi connectivity index (χ2v) is 6.45. The number of piperazine rings is 2. The summed E-state index contributed by atoms with van der Waals surface area (Å²) in [5, 5.41) is 0. The summed E-state index contributed by atoms with van der Waals surface area (Å²) in [5.74, 6) is 1.96. The lowest BCUT2D eigenvalue weighted by molar-refractivity contribution is -0.129. The monoisotopic (exact) mass is 318 g/mol. The summed E-state index contributed by atoms with van der Waals surface area (Å²) in [7, 11) is 2.16. The molecule has 0 N–H and O–H groups in total. The van der Waals surface area contributed by atoms with Gasteiger partial charge in [-0.2, -0.15) is 4.98 Å². The van der Waals surface area contributed by atoms with E-state index in [0.29, 0.717) is 0 Å². The summed E-state index contributed by atoms with van der Waals surface area (Å²) in [4.78, 5) is 29.6. The lowest BCUT2D eigenvalue weighted by atomic mass is 10.3. The number of aryl methyl sites for hydroxylation is 1. The van der Waals surface area contributed by atoms with E-state index >= 15 is 0 Å². The molecule has 7 nitrogen and oxygen atoms in total. The van der Waals surface area contributed by atoms with E-state index in [1.54, 1.807) is 6.92 Å². The molecule has 1 aromatic rings. The summed E-state index contributed by atoms with van der Waals surface area (Å²) in [6, 6.07) is 2.07. The molecule has 2 aliphatic heterocycles. The van der Waals surface area contributed by atoms with Crippen LogP contribution in [0.5, 0.6) is 0 Å². The second kappa shape index (κ2) is 6.70. The van der Waals surface area contributed by atoms with Crippen LogP contribution in [0, 0.1) is 6.92 Å². The van der Waals surface area contributed by atoms with Gasteiger partial charge in [0.05, 0.1) is 0 Å². The largest absolute Gasteiger partial charge is 0.354 e. The summed E-state index contributed by atoms with van der Waals surface area (Å²) in [6.07, 6.45) is 0. The van der Waals surface area contributed by atoms with Crippen LogP contribution < -0.4 is 9.80 Å². The van der Waals surface area contributed by atoms with Crippen LogP contribution in [0.3, 0.4) is 0 Å². The van der Waals surface area contributed by atoms with Crippen LogP contribution in [0.15, 0.2) is 6.07 Å². The third kappa shape index (κ3) is 3.72. The average molecular weight is 318 g/mol. The van der Waals surface area contributed by atoms with Crippen molar-refractivity contribution in [1.29, 1.82) is 0 Å². The molecule has 0 radical (unpaired) electrons. The molecule has 126 valence electrons. The van der Waals surface area contributed by atoms with E-state index in [0.717, 1.165) is 69.8 Å². The third-order valence-electron chi connectivity index (χ3n) is 4.66. The van der Waals surface area contributed by atoms with Gasteiger partial charge in [-0.05, 0) is 14.0 Å². The molecule has 3 rings (SSSR count). The topological polar surface area (TPSA) is 55.8 Å². The maximum absolute atomic E-state index is 11.4. The molecule has 2 fully saturated rings. The number of rotatable bonds is 2. The van der Waals surface area contributed by atoms with Gasteiger partial charge in [-0.25, -0.2) is 4.98 Å². The Morgan fingerprint density at radius 2 is 1.57 bits per heavy atom. The first kappa shape index (κ1) is 16.0. The quantitative estimate of drug-likeness (QED) is 0.777. The molecule has 0 bridgehead atoms. The number of anilines is 2. The Hall–Kier alpha value is -1.89. The Kier molecular flexibility index (Phi) is 4.66. The van der Waals surface area contributed by atoms with Gasteiger partial charge in [0.1, 0.15) is 5.82 Å². The van der Waals surface area contributed by atoms with E-state index in [1.165, 1.54) is 0 Å². The molecule has 7 heteroatoms. The fourth-order valence-electron chi connectivity index (χ4n) is 3.10. The van der Waals surface area contributed by atoms with Crippen molar-refractivity contribution in [3.8, 4) is 0 Å². The number of aromatic nitrogens is 2. The number of carbonyl (C=O) groups is 1. The zero-order valence-electron chi connectivity index (χ0n) is 14.3. The van der Waals surface area contributed by atoms with Gasteiger partial charge in [-0.15, -0.1) is 0 Å². The Morgan fingerprint density at radius 3 is 2.17 bits per heavy atom. The highest BCUT2D eigenvalue weighted by molar-refractivity contribution is 5.73. The van der Waals surface area contributed by atoms with Gasteiger partial charge < -0.3 is 19.6 Å². The Labute approximate surface area is 137 Å². The molecule has 0 spiro atoms. The molecule has 2 aliphatic rings. The molecule has 0 aliphatic carbocycles. The standard InChI is InChI=1S/C16H26N6O/c1-13-12-15(21-6-4-19(3)5-7-21)18-16(17-13)22-10-8-20(9-11-22)14(2)23/h12H,4-11H2,1-3H3. The zero-order chi connectivity index (χ0) is 16.4. The van der Waals surface area contributed by atoms with Crippen LogP contribution in [-0.4, -0.2) is 85.1 Å². The predicted octanol–water partition coefficient (Wildman–Crippen LogP) is 0.205. The minimum absolute atomic E-state index is 0.146. The van der Waals surface area contributed by atoms with E-state index in [4.69, 9.17) is 4.98 Å². The van der Waals surface area contributed by atoms with Gasteiger partial charge in [-0.3, -0.25) is 4.79 Å². The predicted molar refractivity (Wildman–Crippen MR) is 90.9 cm³/mol. The first-order valence-corrected chi connectivity index (χ1v) is 8.32. The molecule has 1 aromatic heterocycles. The molecule has 2 saturated heterocycles. The van der Waals surface area contributed by atoms with Crippen LogP contribution in [-0.2, 0) is 4.79 Å². The van der Waals surface area contributed by atoms with E-state index in [-0.39, 0.29) is 5.91 Å². The molecule has 0 unspecified atom stereocenters. The summed E-state index contributed by atoms with van der Waals surface area (Å²) >= 11 is 0. The number of hydrogen-bond acceptors (Lipinski definition) is 6. The van der Waals surface area contributed by atoms with Crippen LogP contribution in [0.4, 0.5) is 11.8 Å². The number of amides is 1. The summed E-state index contributed by atoms with van der Waals surface area (Å²) in [5.41, 5.74) is 0.998. The van der Waals surface area contributed by atoms with E-state index < -0.39 is 0 Å².